The molecule has 0 bridgehead atoms. The molecule has 1 aromatic rings. The normalized spacial score (nSPS) is 17.3. The Labute approximate surface area is 114 Å². The van der Waals surface area contributed by atoms with Crippen molar-refractivity contribution < 1.29 is 5.11 Å². The van der Waals surface area contributed by atoms with Crippen LogP contribution < -0.4 is 5.32 Å². The van der Waals surface area contributed by atoms with Crippen molar-refractivity contribution in [2.45, 2.75) is 52.1 Å². The van der Waals surface area contributed by atoms with Crippen LogP contribution in [0.2, 0.25) is 0 Å². The summed E-state index contributed by atoms with van der Waals surface area (Å²) in [6.07, 6.45) is 6.59. The summed E-state index contributed by atoms with van der Waals surface area (Å²) in [5.74, 6) is 1.46. The van der Waals surface area contributed by atoms with E-state index >= 15 is 0 Å². The highest BCUT2D eigenvalue weighted by Gasteiger charge is 2.30. The van der Waals surface area contributed by atoms with Crippen molar-refractivity contribution in [1.29, 1.82) is 0 Å². The quantitative estimate of drug-likeness (QED) is 0.762. The molecule has 1 unspecified atom stereocenters. The van der Waals surface area contributed by atoms with Crippen LogP contribution in [0, 0.1) is 11.8 Å². The van der Waals surface area contributed by atoms with Crippen LogP contribution in [-0.2, 0) is 13.0 Å². The van der Waals surface area contributed by atoms with Gasteiger partial charge in [-0.25, -0.2) is 4.98 Å². The summed E-state index contributed by atoms with van der Waals surface area (Å²) in [5, 5.41) is 13.9. The van der Waals surface area contributed by atoms with Gasteiger partial charge >= 0.3 is 0 Å². The fourth-order valence-corrected chi connectivity index (χ4v) is 3.33. The number of hydrogen-bond acceptors (Lipinski definition) is 4. The molecule has 0 aliphatic heterocycles. The van der Waals surface area contributed by atoms with Gasteiger partial charge in [-0.15, -0.1) is 11.3 Å². The molecule has 0 spiro atoms. The molecule has 1 aliphatic rings. The number of nitrogens with zero attached hydrogens (tertiary/aromatic N) is 1. The summed E-state index contributed by atoms with van der Waals surface area (Å²) >= 11 is 1.82. The van der Waals surface area contributed by atoms with Gasteiger partial charge in [-0.3, -0.25) is 0 Å². The zero-order valence-electron chi connectivity index (χ0n) is 11.4. The third-order valence-corrected chi connectivity index (χ3v) is 4.37. The van der Waals surface area contributed by atoms with Gasteiger partial charge in [0.2, 0.25) is 0 Å². The Bertz CT molecular complexity index is 360. The number of aliphatic hydroxyl groups excluding tert-OH is 1. The Kier molecular flexibility index (Phi) is 5.15. The molecule has 0 saturated heterocycles. The third kappa shape index (κ3) is 4.34. The van der Waals surface area contributed by atoms with Gasteiger partial charge in [-0.05, 0) is 31.1 Å². The molecule has 1 heterocycles. The maximum absolute atomic E-state index is 9.06. The molecule has 18 heavy (non-hydrogen) atoms. The summed E-state index contributed by atoms with van der Waals surface area (Å²) < 4.78 is 0. The van der Waals surface area contributed by atoms with Crippen molar-refractivity contribution in [3.05, 3.63) is 16.1 Å². The van der Waals surface area contributed by atoms with Crippen LogP contribution in [0.25, 0.3) is 0 Å². The molecule has 1 aromatic heterocycles. The van der Waals surface area contributed by atoms with Crippen LogP contribution in [0.3, 0.4) is 0 Å². The topological polar surface area (TPSA) is 45.2 Å². The largest absolute Gasteiger partial charge is 0.396 e. The van der Waals surface area contributed by atoms with Crippen molar-refractivity contribution in [3.63, 3.8) is 0 Å². The Morgan fingerprint density at radius 3 is 2.89 bits per heavy atom. The molecule has 3 nitrogen and oxygen atoms in total. The zero-order chi connectivity index (χ0) is 13.0. The van der Waals surface area contributed by atoms with Crippen molar-refractivity contribution in [3.8, 4) is 0 Å². The zero-order valence-corrected chi connectivity index (χ0v) is 12.2. The minimum atomic E-state index is 0.287. The molecule has 0 aromatic carbocycles. The van der Waals surface area contributed by atoms with E-state index in [-0.39, 0.29) is 6.61 Å². The van der Waals surface area contributed by atoms with E-state index in [4.69, 9.17) is 5.11 Å². The Morgan fingerprint density at radius 2 is 2.28 bits per heavy atom. The maximum Gasteiger partial charge on any atom is 0.0930 e. The van der Waals surface area contributed by atoms with E-state index < -0.39 is 0 Å². The van der Waals surface area contributed by atoms with Gasteiger partial charge in [0.1, 0.15) is 0 Å². The summed E-state index contributed by atoms with van der Waals surface area (Å²) in [7, 11) is 0. The number of aliphatic hydroxyl groups is 1. The van der Waals surface area contributed by atoms with Crippen LogP contribution in [-0.4, -0.2) is 22.7 Å². The molecule has 2 rings (SSSR count). The van der Waals surface area contributed by atoms with Crippen LogP contribution in [0.4, 0.5) is 0 Å². The molecule has 1 atom stereocenters. The van der Waals surface area contributed by atoms with Gasteiger partial charge in [0.05, 0.1) is 5.01 Å². The van der Waals surface area contributed by atoms with Crippen LogP contribution in [0.15, 0.2) is 6.20 Å². The maximum atomic E-state index is 9.06. The molecule has 0 radical (unpaired) electrons. The Morgan fingerprint density at radius 1 is 1.50 bits per heavy atom. The van der Waals surface area contributed by atoms with E-state index in [1.807, 2.05) is 17.5 Å². The van der Waals surface area contributed by atoms with Crippen LogP contribution >= 0.6 is 11.3 Å². The van der Waals surface area contributed by atoms with Gasteiger partial charge in [0, 0.05) is 36.7 Å². The number of aromatic nitrogens is 1. The van der Waals surface area contributed by atoms with Gasteiger partial charge in [-0.2, -0.15) is 0 Å². The van der Waals surface area contributed by atoms with Crippen molar-refractivity contribution in [2.75, 3.05) is 6.61 Å². The second-order valence-electron chi connectivity index (χ2n) is 5.66. The predicted molar refractivity (Wildman–Crippen MR) is 75.7 cm³/mol. The lowest BCUT2D eigenvalue weighted by atomic mass is 10.1. The van der Waals surface area contributed by atoms with E-state index in [0.29, 0.717) is 12.0 Å². The lowest BCUT2D eigenvalue weighted by Crippen LogP contribution is -2.31. The van der Waals surface area contributed by atoms with Gasteiger partial charge in [0.15, 0.2) is 0 Å². The first-order valence-electron chi connectivity index (χ1n) is 6.97. The van der Waals surface area contributed by atoms with Crippen molar-refractivity contribution in [2.24, 2.45) is 11.8 Å². The molecule has 1 fully saturated rings. The minimum Gasteiger partial charge on any atom is -0.396 e. The monoisotopic (exact) mass is 268 g/mol. The van der Waals surface area contributed by atoms with E-state index in [9.17, 15) is 0 Å². The summed E-state index contributed by atoms with van der Waals surface area (Å²) in [5.41, 5.74) is 0. The van der Waals surface area contributed by atoms with E-state index in [0.717, 1.165) is 25.3 Å². The molecule has 2 N–H and O–H groups in total. The van der Waals surface area contributed by atoms with Crippen LogP contribution in [0.1, 0.15) is 43.0 Å². The van der Waals surface area contributed by atoms with E-state index in [1.54, 1.807) is 0 Å². The molecule has 1 aliphatic carbocycles. The molecular formula is C14H24N2OS. The SMILES string of the molecule is CC(C)Cc1ncc(CNC(CCO)C2CC2)s1. The number of hydrogen-bond donors (Lipinski definition) is 2. The van der Waals surface area contributed by atoms with Gasteiger partial charge < -0.3 is 10.4 Å². The fraction of sp³-hybridized carbons (Fsp3) is 0.786. The lowest BCUT2D eigenvalue weighted by Gasteiger charge is -2.16. The number of nitrogens with one attached hydrogen (secondary N) is 1. The van der Waals surface area contributed by atoms with Crippen molar-refractivity contribution in [1.82, 2.24) is 10.3 Å². The van der Waals surface area contributed by atoms with E-state index in [2.05, 4.69) is 24.1 Å². The average molecular weight is 268 g/mol. The van der Waals surface area contributed by atoms with Crippen molar-refractivity contribution >= 4 is 11.3 Å². The molecule has 102 valence electrons. The third-order valence-electron chi connectivity index (χ3n) is 3.35. The molecule has 1 saturated carbocycles. The first-order chi connectivity index (χ1) is 8.69. The smallest absolute Gasteiger partial charge is 0.0930 e. The molecule has 4 heteroatoms. The second kappa shape index (κ2) is 6.64. The average Bonchev–Trinajstić information content (AvgIpc) is 3.06. The van der Waals surface area contributed by atoms with Crippen LogP contribution in [0.5, 0.6) is 0 Å². The summed E-state index contributed by atoms with van der Waals surface area (Å²) in [6, 6.07) is 0.491. The molecular weight excluding hydrogens is 244 g/mol. The number of rotatable bonds is 8. The second-order valence-corrected chi connectivity index (χ2v) is 6.86. The Balaban J connectivity index is 1.79. The first-order valence-corrected chi connectivity index (χ1v) is 7.78. The number of thiazole rings is 1. The highest BCUT2D eigenvalue weighted by molar-refractivity contribution is 7.11. The lowest BCUT2D eigenvalue weighted by molar-refractivity contribution is 0.256. The first kappa shape index (κ1) is 14.0. The minimum absolute atomic E-state index is 0.287. The highest BCUT2D eigenvalue weighted by atomic mass is 32.1. The van der Waals surface area contributed by atoms with Gasteiger partial charge in [-0.1, -0.05) is 13.8 Å². The summed E-state index contributed by atoms with van der Waals surface area (Å²) in [4.78, 5) is 5.78. The molecule has 0 amide bonds. The standard InChI is InChI=1S/C14H24N2OS/c1-10(2)7-14-16-9-12(18-14)8-15-13(5-6-17)11-3-4-11/h9-11,13,15,17H,3-8H2,1-2H3. The summed E-state index contributed by atoms with van der Waals surface area (Å²) in [6.45, 7) is 5.64. The fourth-order valence-electron chi connectivity index (χ4n) is 2.25. The van der Waals surface area contributed by atoms with E-state index in [1.165, 1.54) is 22.7 Å². The highest BCUT2D eigenvalue weighted by Crippen LogP contribution is 2.34. The predicted octanol–water partition coefficient (Wildman–Crippen LogP) is 2.59. The van der Waals surface area contributed by atoms with Gasteiger partial charge in [0.25, 0.3) is 0 Å². The Hall–Kier alpha value is -0.450.